The molecule has 0 aliphatic carbocycles. The van der Waals surface area contributed by atoms with Crippen LogP contribution in [0, 0.1) is 3.70 Å². The van der Waals surface area contributed by atoms with E-state index in [4.69, 9.17) is 14.2 Å². The number of carbonyl (C=O) groups is 3. The first-order valence-corrected chi connectivity index (χ1v) is 11.7. The lowest BCUT2D eigenvalue weighted by Crippen LogP contribution is -2.50. The second-order valence-corrected chi connectivity index (χ2v) is 10.9. The molecular formula is C22H29FIN5O6. The molecule has 2 aromatic rings. The Bertz CT molecular complexity index is 1060. The lowest BCUT2D eigenvalue weighted by atomic mass is 9.78. The van der Waals surface area contributed by atoms with Gasteiger partial charge in [-0.3, -0.25) is 9.59 Å². The third kappa shape index (κ3) is 7.64. The Morgan fingerprint density at radius 2 is 1.63 bits per heavy atom. The molecule has 0 aromatic carbocycles. The Kier molecular flexibility index (Phi) is 8.89. The van der Waals surface area contributed by atoms with Crippen molar-refractivity contribution in [3.63, 3.8) is 0 Å². The Morgan fingerprint density at radius 3 is 2.14 bits per heavy atom. The molecule has 2 rings (SSSR count). The lowest BCUT2D eigenvalue weighted by Gasteiger charge is -2.32. The molecule has 2 heterocycles. The van der Waals surface area contributed by atoms with Crippen LogP contribution in [0.4, 0.5) is 4.39 Å². The maximum absolute atomic E-state index is 15.4. The van der Waals surface area contributed by atoms with Crippen molar-refractivity contribution >= 4 is 40.5 Å². The van der Waals surface area contributed by atoms with Gasteiger partial charge in [-0.15, -0.1) is 10.2 Å². The van der Waals surface area contributed by atoms with Gasteiger partial charge in [0.15, 0.2) is 5.69 Å². The van der Waals surface area contributed by atoms with E-state index in [1.54, 1.807) is 41.5 Å². The van der Waals surface area contributed by atoms with Gasteiger partial charge in [0, 0.05) is 6.42 Å². The summed E-state index contributed by atoms with van der Waals surface area (Å²) in [5.41, 5.74) is -4.18. The van der Waals surface area contributed by atoms with E-state index in [0.29, 0.717) is 3.70 Å². The number of hydrogen-bond donors (Lipinski definition) is 0. The molecule has 0 aliphatic heterocycles. The number of nitrogens with zero attached hydrogens (tertiary/aromatic N) is 5. The Labute approximate surface area is 216 Å². The van der Waals surface area contributed by atoms with E-state index in [0.717, 1.165) is 11.8 Å². The first-order chi connectivity index (χ1) is 16.1. The molecule has 2 atom stereocenters. The molecule has 0 amide bonds. The summed E-state index contributed by atoms with van der Waals surface area (Å²) < 4.78 is 32.6. The maximum atomic E-state index is 15.4. The third-order valence-corrected chi connectivity index (χ3v) is 4.99. The van der Waals surface area contributed by atoms with Crippen LogP contribution >= 0.6 is 22.6 Å². The molecule has 0 saturated heterocycles. The minimum Gasteiger partial charge on any atom is -0.468 e. The first kappa shape index (κ1) is 28.5. The van der Waals surface area contributed by atoms with Crippen molar-refractivity contribution in [3.05, 3.63) is 33.4 Å². The van der Waals surface area contributed by atoms with Gasteiger partial charge in [-0.2, -0.15) is 5.10 Å². The van der Waals surface area contributed by atoms with E-state index >= 15 is 4.39 Å². The van der Waals surface area contributed by atoms with Gasteiger partial charge < -0.3 is 14.2 Å². The number of rotatable bonds is 8. The summed E-state index contributed by atoms with van der Waals surface area (Å²) in [7, 11) is 1.08. The normalized spacial score (nSPS) is 14.5. The number of ether oxygens (including phenoxy) is 3. The van der Waals surface area contributed by atoms with Gasteiger partial charge in [-0.1, -0.05) is 5.21 Å². The summed E-state index contributed by atoms with van der Waals surface area (Å²) in [6, 6.07) is 2.93. The van der Waals surface area contributed by atoms with E-state index in [1.165, 1.54) is 18.3 Å². The van der Waals surface area contributed by atoms with Crippen molar-refractivity contribution < 1.29 is 33.0 Å². The highest BCUT2D eigenvalue weighted by Crippen LogP contribution is 2.34. The number of carbonyl (C=O) groups excluding carboxylic acids is 3. The molecule has 35 heavy (non-hydrogen) atoms. The van der Waals surface area contributed by atoms with Gasteiger partial charge in [0.25, 0.3) is 0 Å². The molecule has 0 aliphatic rings. The van der Waals surface area contributed by atoms with Crippen LogP contribution in [-0.4, -0.2) is 67.6 Å². The molecule has 0 fully saturated rings. The number of methoxy groups -OCH3 is 1. The summed E-state index contributed by atoms with van der Waals surface area (Å²) in [6.07, 6.45) is -1.28. The zero-order valence-electron chi connectivity index (χ0n) is 20.7. The minimum absolute atomic E-state index is 0.109. The van der Waals surface area contributed by atoms with Crippen molar-refractivity contribution in [2.24, 2.45) is 0 Å². The van der Waals surface area contributed by atoms with Crippen molar-refractivity contribution in [2.75, 3.05) is 7.11 Å². The van der Waals surface area contributed by atoms with Crippen LogP contribution in [0.25, 0.3) is 0 Å². The minimum atomic E-state index is -2.23. The first-order valence-electron chi connectivity index (χ1n) is 10.7. The summed E-state index contributed by atoms with van der Waals surface area (Å²) >= 11 is 1.91. The Morgan fingerprint density at radius 1 is 1.00 bits per heavy atom. The zero-order valence-corrected chi connectivity index (χ0v) is 22.8. The molecule has 0 N–H and O–H groups in total. The quantitative estimate of drug-likeness (QED) is 0.191. The summed E-state index contributed by atoms with van der Waals surface area (Å²) in [5.74, 6) is -2.79. The SMILES string of the molecule is COC(=O)C(C[C@@H](F)Cn1cc(C(=O)OC(C)(C)C)nn1)(C(=O)OC(C)(C)C)c1ccc(I)nn1. The molecule has 0 spiro atoms. The van der Waals surface area contributed by atoms with Gasteiger partial charge in [-0.25, -0.2) is 13.9 Å². The van der Waals surface area contributed by atoms with E-state index in [-0.39, 0.29) is 11.4 Å². The summed E-state index contributed by atoms with van der Waals surface area (Å²) in [4.78, 5) is 38.5. The molecule has 1 unspecified atom stereocenters. The average molecular weight is 605 g/mol. The third-order valence-electron chi connectivity index (χ3n) is 4.41. The van der Waals surface area contributed by atoms with Gasteiger partial charge in [0.05, 0.1) is 25.5 Å². The largest absolute Gasteiger partial charge is 0.468 e. The Balaban J connectivity index is 2.39. The number of alkyl halides is 1. The predicted molar refractivity (Wildman–Crippen MR) is 129 cm³/mol. The highest BCUT2D eigenvalue weighted by molar-refractivity contribution is 14.1. The molecule has 0 saturated carbocycles. The van der Waals surface area contributed by atoms with E-state index in [9.17, 15) is 14.4 Å². The van der Waals surface area contributed by atoms with E-state index in [2.05, 4.69) is 20.5 Å². The van der Waals surface area contributed by atoms with Crippen LogP contribution in [0.2, 0.25) is 0 Å². The van der Waals surface area contributed by atoms with Crippen LogP contribution < -0.4 is 0 Å². The van der Waals surface area contributed by atoms with E-state index < -0.39 is 53.7 Å². The molecule has 13 heteroatoms. The van der Waals surface area contributed by atoms with Gasteiger partial charge in [0.2, 0.25) is 5.41 Å². The fraction of sp³-hybridized carbons (Fsp3) is 0.591. The molecule has 2 aromatic heterocycles. The highest BCUT2D eigenvalue weighted by Gasteiger charge is 2.54. The van der Waals surface area contributed by atoms with Gasteiger partial charge in [-0.05, 0) is 76.3 Å². The second kappa shape index (κ2) is 10.9. The standard InChI is InChI=1S/C22H29FIN5O6/c1-20(2,3)34-17(30)14-12-29(28-25-14)11-13(23)10-22(18(31)33-7,19(32)35-21(4,5)6)15-8-9-16(24)27-26-15/h8-9,12-13H,10-11H2,1-7H3/t13-,22?/m1/s1. The topological polar surface area (TPSA) is 135 Å². The molecular weight excluding hydrogens is 576 g/mol. The van der Waals surface area contributed by atoms with Crippen LogP contribution in [0.15, 0.2) is 18.3 Å². The van der Waals surface area contributed by atoms with Crippen molar-refractivity contribution in [3.8, 4) is 0 Å². The van der Waals surface area contributed by atoms with Crippen molar-refractivity contribution in [1.29, 1.82) is 0 Å². The highest BCUT2D eigenvalue weighted by atomic mass is 127. The molecule has 11 nitrogen and oxygen atoms in total. The fourth-order valence-electron chi connectivity index (χ4n) is 3.06. The van der Waals surface area contributed by atoms with E-state index in [1.807, 2.05) is 22.6 Å². The number of esters is 3. The smallest absolute Gasteiger partial charge is 0.361 e. The monoisotopic (exact) mass is 605 g/mol. The molecule has 0 bridgehead atoms. The van der Waals surface area contributed by atoms with Crippen molar-refractivity contribution in [2.45, 2.75) is 77.3 Å². The average Bonchev–Trinajstić information content (AvgIpc) is 3.18. The summed E-state index contributed by atoms with van der Waals surface area (Å²) in [6.45, 7) is 9.53. The Hall–Kier alpha value is -2.71. The number of hydrogen-bond acceptors (Lipinski definition) is 10. The lowest BCUT2D eigenvalue weighted by molar-refractivity contribution is -0.173. The van der Waals surface area contributed by atoms with Crippen LogP contribution in [-0.2, 0) is 35.8 Å². The van der Waals surface area contributed by atoms with Crippen LogP contribution in [0.5, 0.6) is 0 Å². The number of halogens is 2. The van der Waals surface area contributed by atoms with Crippen LogP contribution in [0.1, 0.15) is 64.1 Å². The summed E-state index contributed by atoms with van der Waals surface area (Å²) in [5, 5.41) is 15.3. The predicted octanol–water partition coefficient (Wildman–Crippen LogP) is 2.81. The van der Waals surface area contributed by atoms with Crippen LogP contribution in [0.3, 0.4) is 0 Å². The molecule has 192 valence electrons. The van der Waals surface area contributed by atoms with Crippen molar-refractivity contribution in [1.82, 2.24) is 25.2 Å². The number of aromatic nitrogens is 5. The van der Waals surface area contributed by atoms with Gasteiger partial charge >= 0.3 is 17.9 Å². The maximum Gasteiger partial charge on any atom is 0.361 e. The zero-order chi connectivity index (χ0) is 26.6. The second-order valence-electron chi connectivity index (χ2n) is 9.77. The van der Waals surface area contributed by atoms with Gasteiger partial charge in [0.1, 0.15) is 21.1 Å². The fourth-order valence-corrected chi connectivity index (χ4v) is 3.35. The molecule has 0 radical (unpaired) electrons.